The number of benzene rings is 2. The quantitative estimate of drug-likeness (QED) is 0.756. The first-order chi connectivity index (χ1) is 13.1. The monoisotopic (exact) mass is 367 g/mol. The van der Waals surface area contributed by atoms with Crippen LogP contribution < -0.4 is 20.3 Å². The minimum absolute atomic E-state index is 0.0763. The van der Waals surface area contributed by atoms with Crippen molar-refractivity contribution in [1.82, 2.24) is 0 Å². The predicted octanol–water partition coefficient (Wildman–Crippen LogP) is 4.51. The summed E-state index contributed by atoms with van der Waals surface area (Å²) in [7, 11) is 0. The van der Waals surface area contributed by atoms with Crippen LogP contribution in [0.1, 0.15) is 33.1 Å². The Balaban J connectivity index is 1.45. The van der Waals surface area contributed by atoms with E-state index in [-0.39, 0.29) is 18.6 Å². The number of ether oxygens (including phenoxy) is 1. The number of hydrogen-bond donors (Lipinski definition) is 2. The van der Waals surface area contributed by atoms with Gasteiger partial charge in [-0.05, 0) is 81.6 Å². The third kappa shape index (κ3) is 5.91. The fraction of sp³-hybridized carbons (Fsp3) is 0.409. The molecule has 0 radical (unpaired) electrons. The Morgan fingerprint density at radius 1 is 0.963 bits per heavy atom. The molecule has 1 aliphatic rings. The zero-order valence-electron chi connectivity index (χ0n) is 16.2. The van der Waals surface area contributed by atoms with Gasteiger partial charge in [-0.1, -0.05) is 0 Å². The molecule has 1 aliphatic heterocycles. The van der Waals surface area contributed by atoms with E-state index >= 15 is 0 Å². The van der Waals surface area contributed by atoms with E-state index in [0.717, 1.165) is 30.2 Å². The molecule has 0 saturated carbocycles. The van der Waals surface area contributed by atoms with Crippen molar-refractivity contribution in [3.05, 3.63) is 48.5 Å². The van der Waals surface area contributed by atoms with E-state index in [1.807, 2.05) is 50.2 Å². The van der Waals surface area contributed by atoms with Gasteiger partial charge in [-0.2, -0.15) is 0 Å². The molecule has 2 aromatic carbocycles. The van der Waals surface area contributed by atoms with E-state index in [1.54, 1.807) is 0 Å². The standard InChI is InChI=1S/C22H29N3O2/c1-17(2)27-21-12-8-19(9-13-21)24-22(26)16-23-18-6-10-20(11-7-18)25-14-4-3-5-15-25/h6-13,17,23H,3-5,14-16H2,1-2H3,(H,24,26). The topological polar surface area (TPSA) is 53.6 Å². The third-order valence-corrected chi connectivity index (χ3v) is 4.55. The summed E-state index contributed by atoms with van der Waals surface area (Å²) < 4.78 is 5.60. The van der Waals surface area contributed by atoms with Gasteiger partial charge in [-0.25, -0.2) is 0 Å². The van der Waals surface area contributed by atoms with Crippen LogP contribution in [0.15, 0.2) is 48.5 Å². The molecule has 0 atom stereocenters. The van der Waals surface area contributed by atoms with Crippen molar-refractivity contribution in [2.45, 2.75) is 39.2 Å². The predicted molar refractivity (Wildman–Crippen MR) is 112 cm³/mol. The van der Waals surface area contributed by atoms with Crippen molar-refractivity contribution in [3.8, 4) is 5.75 Å². The highest BCUT2D eigenvalue weighted by molar-refractivity contribution is 5.93. The fourth-order valence-electron chi connectivity index (χ4n) is 3.22. The van der Waals surface area contributed by atoms with Crippen molar-refractivity contribution >= 4 is 23.0 Å². The molecule has 0 aromatic heterocycles. The summed E-state index contributed by atoms with van der Waals surface area (Å²) in [6, 6.07) is 15.7. The van der Waals surface area contributed by atoms with Crippen LogP contribution >= 0.6 is 0 Å². The van der Waals surface area contributed by atoms with Gasteiger partial charge in [0.15, 0.2) is 0 Å². The molecule has 5 heteroatoms. The molecule has 0 spiro atoms. The number of amides is 1. The molecule has 1 amide bonds. The lowest BCUT2D eigenvalue weighted by Crippen LogP contribution is -2.29. The van der Waals surface area contributed by atoms with Crippen molar-refractivity contribution < 1.29 is 9.53 Å². The molecule has 1 saturated heterocycles. The van der Waals surface area contributed by atoms with Gasteiger partial charge in [-0.3, -0.25) is 4.79 Å². The number of hydrogen-bond acceptors (Lipinski definition) is 4. The van der Waals surface area contributed by atoms with Crippen LogP contribution in [-0.2, 0) is 4.79 Å². The Kier molecular flexibility index (Phi) is 6.58. The lowest BCUT2D eigenvalue weighted by atomic mass is 10.1. The molecule has 0 bridgehead atoms. The van der Waals surface area contributed by atoms with Crippen molar-refractivity contribution in [2.24, 2.45) is 0 Å². The maximum absolute atomic E-state index is 12.1. The van der Waals surface area contributed by atoms with E-state index in [9.17, 15) is 4.79 Å². The molecule has 2 N–H and O–H groups in total. The van der Waals surface area contributed by atoms with E-state index < -0.39 is 0 Å². The van der Waals surface area contributed by atoms with Crippen LogP contribution in [0.3, 0.4) is 0 Å². The first kappa shape index (κ1) is 19.1. The summed E-state index contributed by atoms with van der Waals surface area (Å²) in [5.74, 6) is 0.725. The molecular formula is C22H29N3O2. The molecule has 2 aromatic rings. The second kappa shape index (κ2) is 9.31. The van der Waals surface area contributed by atoms with Crippen LogP contribution in [0.2, 0.25) is 0 Å². The van der Waals surface area contributed by atoms with Crippen LogP contribution in [0, 0.1) is 0 Å². The molecule has 0 aliphatic carbocycles. The van der Waals surface area contributed by atoms with E-state index in [1.165, 1.54) is 24.9 Å². The zero-order chi connectivity index (χ0) is 19.1. The second-order valence-corrected chi connectivity index (χ2v) is 7.19. The number of carbonyl (C=O) groups is 1. The molecular weight excluding hydrogens is 338 g/mol. The van der Waals surface area contributed by atoms with Gasteiger partial charge >= 0.3 is 0 Å². The summed E-state index contributed by atoms with van der Waals surface area (Å²) in [5.41, 5.74) is 2.97. The summed E-state index contributed by atoms with van der Waals surface area (Å²) in [6.45, 7) is 6.47. The van der Waals surface area contributed by atoms with E-state index in [0.29, 0.717) is 0 Å². The zero-order valence-corrected chi connectivity index (χ0v) is 16.2. The summed E-state index contributed by atoms with van der Waals surface area (Å²) in [4.78, 5) is 14.6. The molecule has 0 unspecified atom stereocenters. The Hall–Kier alpha value is -2.69. The molecule has 1 fully saturated rings. The smallest absolute Gasteiger partial charge is 0.243 e. The Bertz CT molecular complexity index is 720. The molecule has 3 rings (SSSR count). The van der Waals surface area contributed by atoms with Crippen LogP contribution in [0.4, 0.5) is 17.1 Å². The Morgan fingerprint density at radius 3 is 2.22 bits per heavy atom. The summed E-state index contributed by atoms with van der Waals surface area (Å²) >= 11 is 0. The molecule has 144 valence electrons. The SMILES string of the molecule is CC(C)Oc1ccc(NC(=O)CNc2ccc(N3CCCCC3)cc2)cc1. The number of piperidine rings is 1. The average Bonchev–Trinajstić information content (AvgIpc) is 2.69. The van der Waals surface area contributed by atoms with Gasteiger partial charge in [0, 0.05) is 30.2 Å². The number of anilines is 3. The van der Waals surface area contributed by atoms with Gasteiger partial charge in [0.05, 0.1) is 12.6 Å². The van der Waals surface area contributed by atoms with Crippen LogP contribution in [0.5, 0.6) is 5.75 Å². The number of nitrogens with one attached hydrogen (secondary N) is 2. The highest BCUT2D eigenvalue weighted by Crippen LogP contribution is 2.22. The fourth-order valence-corrected chi connectivity index (χ4v) is 3.22. The highest BCUT2D eigenvalue weighted by Gasteiger charge is 2.10. The lowest BCUT2D eigenvalue weighted by molar-refractivity contribution is -0.114. The van der Waals surface area contributed by atoms with Crippen molar-refractivity contribution in [1.29, 1.82) is 0 Å². The first-order valence-corrected chi connectivity index (χ1v) is 9.75. The highest BCUT2D eigenvalue weighted by atomic mass is 16.5. The molecule has 5 nitrogen and oxygen atoms in total. The summed E-state index contributed by atoms with van der Waals surface area (Å²) in [6.07, 6.45) is 4.00. The second-order valence-electron chi connectivity index (χ2n) is 7.19. The molecule has 27 heavy (non-hydrogen) atoms. The van der Waals surface area contributed by atoms with Gasteiger partial charge in [-0.15, -0.1) is 0 Å². The first-order valence-electron chi connectivity index (χ1n) is 9.75. The maximum atomic E-state index is 12.1. The number of nitrogens with zero attached hydrogens (tertiary/aromatic N) is 1. The maximum Gasteiger partial charge on any atom is 0.243 e. The van der Waals surface area contributed by atoms with E-state index in [4.69, 9.17) is 4.74 Å². The average molecular weight is 367 g/mol. The normalized spacial score (nSPS) is 14.1. The van der Waals surface area contributed by atoms with Gasteiger partial charge in [0.2, 0.25) is 5.91 Å². The largest absolute Gasteiger partial charge is 0.491 e. The van der Waals surface area contributed by atoms with Gasteiger partial charge < -0.3 is 20.3 Å². The lowest BCUT2D eigenvalue weighted by Gasteiger charge is -2.28. The van der Waals surface area contributed by atoms with Gasteiger partial charge in [0.25, 0.3) is 0 Å². The van der Waals surface area contributed by atoms with Crippen LogP contribution in [-0.4, -0.2) is 31.6 Å². The molecule has 1 heterocycles. The Labute approximate surface area is 161 Å². The Morgan fingerprint density at radius 2 is 1.59 bits per heavy atom. The minimum atomic E-state index is -0.0763. The van der Waals surface area contributed by atoms with Crippen molar-refractivity contribution in [2.75, 3.05) is 35.2 Å². The number of carbonyl (C=O) groups excluding carboxylic acids is 1. The third-order valence-electron chi connectivity index (χ3n) is 4.55. The van der Waals surface area contributed by atoms with Crippen LogP contribution in [0.25, 0.3) is 0 Å². The summed E-state index contributed by atoms with van der Waals surface area (Å²) in [5, 5.41) is 6.07. The minimum Gasteiger partial charge on any atom is -0.491 e. The van der Waals surface area contributed by atoms with Gasteiger partial charge in [0.1, 0.15) is 5.75 Å². The number of rotatable bonds is 7. The van der Waals surface area contributed by atoms with E-state index in [2.05, 4.69) is 27.7 Å². The van der Waals surface area contributed by atoms with Crippen molar-refractivity contribution in [3.63, 3.8) is 0 Å².